The predicted molar refractivity (Wildman–Crippen MR) is 76.2 cm³/mol. The number of thioether (sulfide) groups is 1. The number of phenolic OH excluding ortho intramolecular Hbond substituents is 1. The van der Waals surface area contributed by atoms with Crippen molar-refractivity contribution >= 4 is 11.8 Å². The molecule has 0 bridgehead atoms. The topological polar surface area (TPSA) is 20.2 Å². The Hall–Kier alpha value is -0.630. The Labute approximate surface area is 109 Å². The zero-order valence-corrected chi connectivity index (χ0v) is 12.0. The number of phenols is 1. The van der Waals surface area contributed by atoms with Gasteiger partial charge in [0.2, 0.25) is 0 Å². The van der Waals surface area contributed by atoms with Crippen LogP contribution in [0.15, 0.2) is 12.1 Å². The van der Waals surface area contributed by atoms with Crippen LogP contribution < -0.4 is 0 Å². The van der Waals surface area contributed by atoms with E-state index in [-0.39, 0.29) is 0 Å². The van der Waals surface area contributed by atoms with Crippen LogP contribution >= 0.6 is 11.8 Å². The van der Waals surface area contributed by atoms with Crippen LogP contribution in [0.4, 0.5) is 0 Å². The average Bonchev–Trinajstić information content (AvgIpc) is 3.03. The standard InChI is InChI=1S/C15H22OS/c1-9(2)13-6-11(5-12-8-17-12)7-14(10(3)4)15(13)16/h6-7,9-10,12,16H,5,8H2,1-4H3. The molecule has 1 N–H and O–H groups in total. The van der Waals surface area contributed by atoms with Gasteiger partial charge in [-0.25, -0.2) is 0 Å². The molecular formula is C15H22OS. The highest BCUT2D eigenvalue weighted by Gasteiger charge is 2.24. The first-order chi connectivity index (χ1) is 7.99. The van der Waals surface area contributed by atoms with Crippen LogP contribution in [-0.4, -0.2) is 16.1 Å². The van der Waals surface area contributed by atoms with E-state index in [0.29, 0.717) is 17.6 Å². The molecule has 1 saturated heterocycles. The summed E-state index contributed by atoms with van der Waals surface area (Å²) >= 11 is 2.03. The van der Waals surface area contributed by atoms with Gasteiger partial charge in [-0.1, -0.05) is 39.8 Å². The van der Waals surface area contributed by atoms with Gasteiger partial charge < -0.3 is 5.11 Å². The van der Waals surface area contributed by atoms with Gasteiger partial charge in [-0.2, -0.15) is 11.8 Å². The minimum Gasteiger partial charge on any atom is -0.507 e. The molecule has 0 saturated carbocycles. The van der Waals surface area contributed by atoms with Crippen LogP contribution in [0.25, 0.3) is 0 Å². The summed E-state index contributed by atoms with van der Waals surface area (Å²) in [5.74, 6) is 2.59. The first-order valence-electron chi connectivity index (χ1n) is 6.46. The SMILES string of the molecule is CC(C)c1cc(CC2CS2)cc(C(C)C)c1O. The Bertz CT molecular complexity index is 376. The molecule has 0 spiro atoms. The second-order valence-corrected chi connectivity index (χ2v) is 6.93. The second-order valence-electron chi connectivity index (χ2n) is 5.59. The molecule has 2 heteroatoms. The van der Waals surface area contributed by atoms with Crippen LogP contribution in [0, 0.1) is 0 Å². The highest BCUT2D eigenvalue weighted by atomic mass is 32.2. The van der Waals surface area contributed by atoms with E-state index in [1.165, 1.54) is 11.3 Å². The van der Waals surface area contributed by atoms with E-state index in [2.05, 4.69) is 39.8 Å². The molecule has 1 aliphatic heterocycles. The van der Waals surface area contributed by atoms with E-state index < -0.39 is 0 Å². The van der Waals surface area contributed by atoms with Gasteiger partial charge in [0.05, 0.1) is 0 Å². The molecular weight excluding hydrogens is 228 g/mol. The Morgan fingerprint density at radius 3 is 2.00 bits per heavy atom. The van der Waals surface area contributed by atoms with Crippen LogP contribution in [0.3, 0.4) is 0 Å². The molecule has 1 aliphatic rings. The lowest BCUT2D eigenvalue weighted by atomic mass is 9.90. The van der Waals surface area contributed by atoms with Crippen molar-refractivity contribution < 1.29 is 5.11 Å². The van der Waals surface area contributed by atoms with Crippen molar-refractivity contribution in [1.29, 1.82) is 0 Å². The van der Waals surface area contributed by atoms with E-state index in [4.69, 9.17) is 0 Å². The normalized spacial score (nSPS) is 19.1. The molecule has 1 aromatic carbocycles. The van der Waals surface area contributed by atoms with Crippen molar-refractivity contribution in [3.8, 4) is 5.75 Å². The number of rotatable bonds is 4. The lowest BCUT2D eigenvalue weighted by Gasteiger charge is -2.17. The Balaban J connectivity index is 2.39. The van der Waals surface area contributed by atoms with Crippen molar-refractivity contribution in [2.75, 3.05) is 5.75 Å². The van der Waals surface area contributed by atoms with E-state index >= 15 is 0 Å². The first-order valence-corrected chi connectivity index (χ1v) is 7.51. The monoisotopic (exact) mass is 250 g/mol. The lowest BCUT2D eigenvalue weighted by Crippen LogP contribution is -2.00. The highest BCUT2D eigenvalue weighted by molar-refractivity contribution is 8.06. The molecule has 1 heterocycles. The number of hydrogen-bond donors (Lipinski definition) is 1. The van der Waals surface area contributed by atoms with Gasteiger partial charge in [-0.15, -0.1) is 0 Å². The lowest BCUT2D eigenvalue weighted by molar-refractivity contribution is 0.454. The molecule has 0 aliphatic carbocycles. The van der Waals surface area contributed by atoms with E-state index in [0.717, 1.165) is 22.8 Å². The maximum atomic E-state index is 10.3. The largest absolute Gasteiger partial charge is 0.507 e. The molecule has 1 fully saturated rings. The fraction of sp³-hybridized carbons (Fsp3) is 0.600. The minimum atomic E-state index is 0.388. The molecule has 2 rings (SSSR count). The smallest absolute Gasteiger partial charge is 0.122 e. The zero-order chi connectivity index (χ0) is 12.6. The van der Waals surface area contributed by atoms with Crippen molar-refractivity contribution in [2.24, 2.45) is 0 Å². The van der Waals surface area contributed by atoms with Crippen LogP contribution in [-0.2, 0) is 6.42 Å². The van der Waals surface area contributed by atoms with E-state index in [1.54, 1.807) is 0 Å². The van der Waals surface area contributed by atoms with Gasteiger partial charge >= 0.3 is 0 Å². The summed E-state index contributed by atoms with van der Waals surface area (Å²) in [6, 6.07) is 4.40. The summed E-state index contributed by atoms with van der Waals surface area (Å²) in [4.78, 5) is 0. The molecule has 1 nitrogen and oxygen atoms in total. The number of benzene rings is 1. The summed E-state index contributed by atoms with van der Waals surface area (Å²) < 4.78 is 0. The average molecular weight is 250 g/mol. The maximum absolute atomic E-state index is 10.3. The third kappa shape index (κ3) is 2.98. The van der Waals surface area contributed by atoms with E-state index in [9.17, 15) is 5.11 Å². The van der Waals surface area contributed by atoms with Gasteiger partial charge in [-0.3, -0.25) is 0 Å². The van der Waals surface area contributed by atoms with Crippen LogP contribution in [0.1, 0.15) is 56.2 Å². The second kappa shape index (κ2) is 4.93. The number of aromatic hydroxyl groups is 1. The van der Waals surface area contributed by atoms with Crippen molar-refractivity contribution in [1.82, 2.24) is 0 Å². The van der Waals surface area contributed by atoms with Crippen LogP contribution in [0.2, 0.25) is 0 Å². The summed E-state index contributed by atoms with van der Waals surface area (Å²) in [5.41, 5.74) is 3.61. The molecule has 0 aromatic heterocycles. The Morgan fingerprint density at radius 2 is 1.65 bits per heavy atom. The fourth-order valence-electron chi connectivity index (χ4n) is 2.19. The molecule has 1 unspecified atom stereocenters. The quantitative estimate of drug-likeness (QED) is 0.804. The highest BCUT2D eigenvalue weighted by Crippen LogP contribution is 2.38. The predicted octanol–water partition coefficient (Wildman–Crippen LogP) is 4.30. The number of hydrogen-bond acceptors (Lipinski definition) is 2. The zero-order valence-electron chi connectivity index (χ0n) is 11.2. The van der Waals surface area contributed by atoms with Gasteiger partial charge in [0.25, 0.3) is 0 Å². The van der Waals surface area contributed by atoms with Gasteiger partial charge in [0.15, 0.2) is 0 Å². The fourth-order valence-corrected chi connectivity index (χ4v) is 2.76. The van der Waals surface area contributed by atoms with Gasteiger partial charge in [-0.05, 0) is 34.9 Å². The third-order valence-corrected chi connectivity index (χ3v) is 4.31. The first kappa shape index (κ1) is 12.8. The molecule has 1 atom stereocenters. The van der Waals surface area contributed by atoms with Gasteiger partial charge in [0.1, 0.15) is 5.75 Å². The Kier molecular flexibility index (Phi) is 3.72. The maximum Gasteiger partial charge on any atom is 0.122 e. The summed E-state index contributed by atoms with van der Waals surface area (Å²) in [6.07, 6.45) is 1.16. The Morgan fingerprint density at radius 1 is 1.18 bits per heavy atom. The summed E-state index contributed by atoms with van der Waals surface area (Å²) in [5, 5.41) is 11.1. The molecule has 0 radical (unpaired) electrons. The van der Waals surface area contributed by atoms with Crippen LogP contribution in [0.5, 0.6) is 5.75 Å². The van der Waals surface area contributed by atoms with Crippen molar-refractivity contribution in [3.63, 3.8) is 0 Å². The third-order valence-electron chi connectivity index (χ3n) is 3.34. The molecule has 0 amide bonds. The molecule has 17 heavy (non-hydrogen) atoms. The minimum absolute atomic E-state index is 0.388. The van der Waals surface area contributed by atoms with E-state index in [1.807, 2.05) is 11.8 Å². The van der Waals surface area contributed by atoms with Gasteiger partial charge in [0, 0.05) is 11.0 Å². The summed E-state index contributed by atoms with van der Waals surface area (Å²) in [6.45, 7) is 8.59. The molecule has 1 aromatic rings. The molecule has 94 valence electrons. The van der Waals surface area contributed by atoms with Crippen molar-refractivity contribution in [2.45, 2.75) is 51.2 Å². The summed E-state index contributed by atoms with van der Waals surface area (Å²) in [7, 11) is 0. The van der Waals surface area contributed by atoms with Crippen molar-refractivity contribution in [3.05, 3.63) is 28.8 Å².